The number of nitrogens with zero attached hydrogens (tertiary/aromatic N) is 3. The lowest BCUT2D eigenvalue weighted by Crippen LogP contribution is -2.57. The maximum absolute atomic E-state index is 14.2. The minimum absolute atomic E-state index is 0.0662. The van der Waals surface area contributed by atoms with Crippen molar-refractivity contribution in [3.63, 3.8) is 0 Å². The van der Waals surface area contributed by atoms with Gasteiger partial charge in [-0.15, -0.1) is 11.3 Å². The van der Waals surface area contributed by atoms with Crippen LogP contribution < -0.4 is 0 Å². The maximum Gasteiger partial charge on any atom is 0.257 e. The molecule has 2 atom stereocenters. The molecule has 2 aliphatic heterocycles. The number of aryl methyl sites for hydroxylation is 1. The van der Waals surface area contributed by atoms with Gasteiger partial charge in [0, 0.05) is 37.1 Å². The summed E-state index contributed by atoms with van der Waals surface area (Å²) in [5.74, 6) is -0.751. The number of thiophene rings is 1. The first-order valence-corrected chi connectivity index (χ1v) is 13.0. The third-order valence-corrected chi connectivity index (χ3v) is 8.23. The zero-order chi connectivity index (χ0) is 24.5. The van der Waals surface area contributed by atoms with Gasteiger partial charge < -0.3 is 9.80 Å². The quantitative estimate of drug-likeness (QED) is 0.539. The van der Waals surface area contributed by atoms with E-state index >= 15 is 0 Å². The third kappa shape index (κ3) is 4.62. The third-order valence-electron chi connectivity index (χ3n) is 7.23. The molecule has 7 heteroatoms. The van der Waals surface area contributed by atoms with Crippen LogP contribution in [0.5, 0.6) is 0 Å². The van der Waals surface area contributed by atoms with Gasteiger partial charge >= 0.3 is 0 Å². The Labute approximate surface area is 209 Å². The summed E-state index contributed by atoms with van der Waals surface area (Å²) in [4.78, 5) is 33.6. The SMILES string of the molecule is Cc1ccccc1[C@H]1c2ccsc2CCN1CC(=O)N1CCN(C(=O)c2ccccc2F)[C@@H](C)C1. The molecule has 0 unspecified atom stereocenters. The molecule has 2 aromatic carbocycles. The minimum atomic E-state index is -0.511. The summed E-state index contributed by atoms with van der Waals surface area (Å²) in [6.45, 7) is 6.52. The van der Waals surface area contributed by atoms with Crippen LogP contribution in [-0.4, -0.2) is 65.3 Å². The molecule has 0 spiro atoms. The lowest BCUT2D eigenvalue weighted by Gasteiger charge is -2.42. The summed E-state index contributed by atoms with van der Waals surface area (Å²) in [5, 5.41) is 2.15. The van der Waals surface area contributed by atoms with E-state index in [1.807, 2.05) is 11.8 Å². The predicted molar refractivity (Wildman–Crippen MR) is 136 cm³/mol. The molecule has 1 aromatic heterocycles. The fourth-order valence-corrected chi connectivity index (χ4v) is 6.25. The molecule has 5 nitrogen and oxygen atoms in total. The minimum Gasteiger partial charge on any atom is -0.338 e. The van der Waals surface area contributed by atoms with Crippen molar-refractivity contribution in [2.45, 2.75) is 32.4 Å². The first-order valence-electron chi connectivity index (χ1n) is 12.1. The van der Waals surface area contributed by atoms with Gasteiger partial charge in [0.25, 0.3) is 5.91 Å². The Morgan fingerprint density at radius 1 is 1.00 bits per heavy atom. The Balaban J connectivity index is 1.30. The number of hydrogen-bond donors (Lipinski definition) is 0. The van der Waals surface area contributed by atoms with Crippen molar-refractivity contribution < 1.29 is 14.0 Å². The largest absolute Gasteiger partial charge is 0.338 e. The number of carbonyl (C=O) groups is 2. The smallest absolute Gasteiger partial charge is 0.257 e. The Bertz CT molecular complexity index is 1240. The van der Waals surface area contributed by atoms with Crippen LogP contribution in [0.3, 0.4) is 0 Å². The van der Waals surface area contributed by atoms with Gasteiger partial charge in [0.15, 0.2) is 0 Å². The zero-order valence-electron chi connectivity index (χ0n) is 20.1. The predicted octanol–water partition coefficient (Wildman–Crippen LogP) is 4.52. The van der Waals surface area contributed by atoms with Gasteiger partial charge in [-0.3, -0.25) is 14.5 Å². The molecule has 1 fully saturated rings. The molecule has 0 bridgehead atoms. The highest BCUT2D eigenvalue weighted by Gasteiger charge is 2.35. The molecule has 1 saturated heterocycles. The Morgan fingerprint density at radius 2 is 1.77 bits per heavy atom. The number of piperazine rings is 1. The number of benzene rings is 2. The van der Waals surface area contributed by atoms with Crippen molar-refractivity contribution in [2.75, 3.05) is 32.7 Å². The maximum atomic E-state index is 14.2. The Morgan fingerprint density at radius 3 is 2.54 bits per heavy atom. The summed E-state index contributed by atoms with van der Waals surface area (Å²) in [7, 11) is 0. The second-order valence-electron chi connectivity index (χ2n) is 9.45. The van der Waals surface area contributed by atoms with E-state index < -0.39 is 5.82 Å². The molecule has 182 valence electrons. The lowest BCUT2D eigenvalue weighted by molar-refractivity contribution is -0.135. The van der Waals surface area contributed by atoms with E-state index in [0.717, 1.165) is 13.0 Å². The Hall–Kier alpha value is -3.03. The topological polar surface area (TPSA) is 43.9 Å². The number of carbonyl (C=O) groups excluding carboxylic acids is 2. The van der Waals surface area contributed by atoms with Crippen molar-refractivity contribution in [1.29, 1.82) is 0 Å². The highest BCUT2D eigenvalue weighted by Crippen LogP contribution is 2.38. The number of amides is 2. The molecule has 35 heavy (non-hydrogen) atoms. The number of hydrogen-bond acceptors (Lipinski definition) is 4. The number of halogens is 1. The van der Waals surface area contributed by atoms with Crippen LogP contribution in [0.4, 0.5) is 4.39 Å². The average molecular weight is 492 g/mol. The summed E-state index contributed by atoms with van der Waals surface area (Å²) in [6, 6.07) is 16.6. The van der Waals surface area contributed by atoms with Crippen LogP contribution in [0.1, 0.15) is 44.9 Å². The molecule has 2 aliphatic rings. The monoisotopic (exact) mass is 491 g/mol. The van der Waals surface area contributed by atoms with E-state index in [1.165, 1.54) is 33.7 Å². The summed E-state index contributed by atoms with van der Waals surface area (Å²) in [5.41, 5.74) is 3.85. The second kappa shape index (κ2) is 9.91. The van der Waals surface area contributed by atoms with Gasteiger partial charge in [0.2, 0.25) is 5.91 Å². The van der Waals surface area contributed by atoms with Crippen LogP contribution in [0.25, 0.3) is 0 Å². The van der Waals surface area contributed by atoms with E-state index in [1.54, 1.807) is 28.4 Å². The molecule has 0 saturated carbocycles. The van der Waals surface area contributed by atoms with Crippen LogP contribution >= 0.6 is 11.3 Å². The van der Waals surface area contributed by atoms with Gasteiger partial charge in [-0.2, -0.15) is 0 Å². The molecular formula is C28H30FN3O2S. The van der Waals surface area contributed by atoms with Gasteiger partial charge in [-0.1, -0.05) is 36.4 Å². The molecule has 2 amide bonds. The van der Waals surface area contributed by atoms with Gasteiger partial charge in [0.05, 0.1) is 18.2 Å². The number of rotatable bonds is 4. The van der Waals surface area contributed by atoms with Crippen molar-refractivity contribution in [3.05, 3.63) is 92.9 Å². The van der Waals surface area contributed by atoms with Crippen LogP contribution in [-0.2, 0) is 11.2 Å². The highest BCUT2D eigenvalue weighted by atomic mass is 32.1. The molecule has 0 N–H and O–H groups in total. The first-order chi connectivity index (χ1) is 16.9. The molecule has 0 radical (unpaired) electrons. The lowest BCUT2D eigenvalue weighted by atomic mass is 9.90. The van der Waals surface area contributed by atoms with Crippen LogP contribution in [0, 0.1) is 12.7 Å². The summed E-state index contributed by atoms with van der Waals surface area (Å²) in [6.07, 6.45) is 0.948. The average Bonchev–Trinajstić information content (AvgIpc) is 3.33. The molecule has 3 heterocycles. The normalized spacial score (nSPS) is 20.5. The van der Waals surface area contributed by atoms with Crippen molar-refractivity contribution in [1.82, 2.24) is 14.7 Å². The van der Waals surface area contributed by atoms with E-state index in [4.69, 9.17) is 0 Å². The van der Waals surface area contributed by atoms with E-state index in [9.17, 15) is 14.0 Å². The Kier molecular flexibility index (Phi) is 6.71. The highest BCUT2D eigenvalue weighted by molar-refractivity contribution is 7.10. The first kappa shape index (κ1) is 23.7. The van der Waals surface area contributed by atoms with E-state index in [-0.39, 0.29) is 29.5 Å². The fraction of sp³-hybridized carbons (Fsp3) is 0.357. The van der Waals surface area contributed by atoms with Crippen LogP contribution in [0.2, 0.25) is 0 Å². The van der Waals surface area contributed by atoms with Gasteiger partial charge in [0.1, 0.15) is 5.82 Å². The second-order valence-corrected chi connectivity index (χ2v) is 10.4. The van der Waals surface area contributed by atoms with Crippen molar-refractivity contribution >= 4 is 23.2 Å². The van der Waals surface area contributed by atoms with E-state index in [2.05, 4.69) is 47.5 Å². The molecule has 0 aliphatic carbocycles. The fourth-order valence-electron chi connectivity index (χ4n) is 5.35. The van der Waals surface area contributed by atoms with E-state index in [0.29, 0.717) is 26.2 Å². The standard InChI is InChI=1S/C28H30FN3O2S/c1-19-7-3-4-8-21(19)27-23-12-16-35-25(23)11-13-31(27)18-26(33)30-14-15-32(20(2)17-30)28(34)22-9-5-6-10-24(22)29/h3-10,12,16,20,27H,11,13-15,17-18H2,1-2H3/t20-,27-/m0/s1. The van der Waals surface area contributed by atoms with Crippen molar-refractivity contribution in [2.24, 2.45) is 0 Å². The van der Waals surface area contributed by atoms with Gasteiger partial charge in [-0.05, 0) is 60.5 Å². The summed E-state index contributed by atoms with van der Waals surface area (Å²) < 4.78 is 14.2. The molecular weight excluding hydrogens is 461 g/mol. The number of fused-ring (bicyclic) bond motifs is 1. The van der Waals surface area contributed by atoms with Crippen LogP contribution in [0.15, 0.2) is 60.0 Å². The zero-order valence-corrected chi connectivity index (χ0v) is 20.9. The van der Waals surface area contributed by atoms with Crippen molar-refractivity contribution in [3.8, 4) is 0 Å². The molecule has 5 rings (SSSR count). The van der Waals surface area contributed by atoms with Gasteiger partial charge in [-0.25, -0.2) is 4.39 Å². The summed E-state index contributed by atoms with van der Waals surface area (Å²) >= 11 is 1.79. The molecule has 3 aromatic rings.